The minimum Gasteiger partial charge on any atom is -0.394 e. The lowest BCUT2D eigenvalue weighted by molar-refractivity contribution is -0.0364. The summed E-state index contributed by atoms with van der Waals surface area (Å²) in [6.07, 6.45) is -1.83. The Labute approximate surface area is 64.9 Å². The topological polar surface area (TPSA) is 90.2 Å². The Kier molecular flexibility index (Phi) is 6.39. The van der Waals surface area contributed by atoms with Crippen LogP contribution in [0.4, 0.5) is 0 Å². The Bertz CT molecular complexity index is 77.0. The SMILES string of the molecule is OC[C@H](O)COC[C@@H](O)CO. The monoisotopic (exact) mass is 166 g/mol. The highest BCUT2D eigenvalue weighted by Gasteiger charge is 2.04. The summed E-state index contributed by atoms with van der Waals surface area (Å²) < 4.78 is 4.72. The minimum atomic E-state index is -0.916. The van der Waals surface area contributed by atoms with Crippen LogP contribution in [0.5, 0.6) is 0 Å². The van der Waals surface area contributed by atoms with Crippen LogP contribution in [0.2, 0.25) is 0 Å². The molecule has 0 bridgehead atoms. The van der Waals surface area contributed by atoms with Crippen LogP contribution in [0.15, 0.2) is 0 Å². The van der Waals surface area contributed by atoms with Gasteiger partial charge in [-0.1, -0.05) is 0 Å². The third kappa shape index (κ3) is 6.21. The molecule has 0 aromatic heterocycles. The van der Waals surface area contributed by atoms with Crippen LogP contribution >= 0.6 is 0 Å². The molecule has 0 aliphatic rings. The van der Waals surface area contributed by atoms with Crippen molar-refractivity contribution in [3.8, 4) is 0 Å². The van der Waals surface area contributed by atoms with E-state index < -0.39 is 12.2 Å². The average molecular weight is 166 g/mol. The first kappa shape index (κ1) is 10.8. The predicted molar refractivity (Wildman–Crippen MR) is 37.0 cm³/mol. The van der Waals surface area contributed by atoms with Crippen molar-refractivity contribution in [2.75, 3.05) is 26.4 Å². The fourth-order valence-corrected chi connectivity index (χ4v) is 0.446. The maximum absolute atomic E-state index is 8.72. The first-order chi connectivity index (χ1) is 5.20. The van der Waals surface area contributed by atoms with Crippen molar-refractivity contribution in [3.63, 3.8) is 0 Å². The highest BCUT2D eigenvalue weighted by atomic mass is 16.5. The van der Waals surface area contributed by atoms with Gasteiger partial charge in [0, 0.05) is 0 Å². The molecule has 4 N–H and O–H groups in total. The quantitative estimate of drug-likeness (QED) is 0.356. The molecule has 0 spiro atoms. The third-order valence-corrected chi connectivity index (χ3v) is 1.04. The molecule has 0 unspecified atom stereocenters. The van der Waals surface area contributed by atoms with Crippen LogP contribution in [-0.2, 0) is 4.74 Å². The van der Waals surface area contributed by atoms with Gasteiger partial charge in [0.15, 0.2) is 0 Å². The van der Waals surface area contributed by atoms with E-state index in [1.165, 1.54) is 0 Å². The van der Waals surface area contributed by atoms with Crippen LogP contribution in [0.3, 0.4) is 0 Å². The zero-order valence-corrected chi connectivity index (χ0v) is 6.18. The van der Waals surface area contributed by atoms with E-state index in [4.69, 9.17) is 25.2 Å². The van der Waals surface area contributed by atoms with E-state index in [-0.39, 0.29) is 26.4 Å². The normalized spacial score (nSPS) is 16.4. The van der Waals surface area contributed by atoms with Gasteiger partial charge >= 0.3 is 0 Å². The molecule has 0 fully saturated rings. The van der Waals surface area contributed by atoms with E-state index in [9.17, 15) is 0 Å². The Morgan fingerprint density at radius 3 is 1.55 bits per heavy atom. The smallest absolute Gasteiger partial charge is 0.100 e. The van der Waals surface area contributed by atoms with Crippen LogP contribution < -0.4 is 0 Å². The highest BCUT2D eigenvalue weighted by Crippen LogP contribution is 1.87. The Balaban J connectivity index is 3.13. The molecule has 0 aliphatic heterocycles. The van der Waals surface area contributed by atoms with Crippen molar-refractivity contribution in [3.05, 3.63) is 0 Å². The molecule has 5 nitrogen and oxygen atoms in total. The summed E-state index contributed by atoms with van der Waals surface area (Å²) in [5.41, 5.74) is 0. The van der Waals surface area contributed by atoms with Crippen molar-refractivity contribution >= 4 is 0 Å². The van der Waals surface area contributed by atoms with Crippen molar-refractivity contribution in [1.82, 2.24) is 0 Å². The fourth-order valence-electron chi connectivity index (χ4n) is 0.446. The molecule has 5 heteroatoms. The molecular weight excluding hydrogens is 152 g/mol. The molecule has 2 atom stereocenters. The van der Waals surface area contributed by atoms with Crippen LogP contribution in [0, 0.1) is 0 Å². The summed E-state index contributed by atoms with van der Waals surface area (Å²) in [7, 11) is 0. The summed E-state index contributed by atoms with van der Waals surface area (Å²) in [4.78, 5) is 0. The summed E-state index contributed by atoms with van der Waals surface area (Å²) in [5, 5.41) is 34.1. The van der Waals surface area contributed by atoms with Gasteiger partial charge in [-0.15, -0.1) is 0 Å². The lowest BCUT2D eigenvalue weighted by Crippen LogP contribution is -2.25. The molecule has 11 heavy (non-hydrogen) atoms. The Hall–Kier alpha value is -0.200. The maximum atomic E-state index is 8.72. The van der Waals surface area contributed by atoms with Gasteiger partial charge in [0.25, 0.3) is 0 Å². The second-order valence-corrected chi connectivity index (χ2v) is 2.21. The standard InChI is InChI=1S/C6H14O5/c7-1-5(9)3-11-4-6(10)2-8/h5-10H,1-4H2/t5-,6-/m0/s1. The van der Waals surface area contributed by atoms with Gasteiger partial charge in [0.2, 0.25) is 0 Å². The lowest BCUT2D eigenvalue weighted by Gasteiger charge is -2.10. The summed E-state index contributed by atoms with van der Waals surface area (Å²) in [6, 6.07) is 0. The van der Waals surface area contributed by atoms with Crippen LogP contribution in [-0.4, -0.2) is 59.1 Å². The Morgan fingerprint density at radius 2 is 1.27 bits per heavy atom. The molecule has 68 valence electrons. The molecule has 0 heterocycles. The van der Waals surface area contributed by atoms with E-state index >= 15 is 0 Å². The number of hydrogen-bond donors (Lipinski definition) is 4. The zero-order chi connectivity index (χ0) is 8.69. The second-order valence-electron chi connectivity index (χ2n) is 2.21. The number of aliphatic hydroxyl groups is 4. The molecule has 0 saturated carbocycles. The van der Waals surface area contributed by atoms with Crippen LogP contribution in [0.25, 0.3) is 0 Å². The van der Waals surface area contributed by atoms with E-state index in [2.05, 4.69) is 0 Å². The van der Waals surface area contributed by atoms with Gasteiger partial charge in [0.05, 0.1) is 26.4 Å². The zero-order valence-electron chi connectivity index (χ0n) is 6.18. The van der Waals surface area contributed by atoms with Crippen LogP contribution in [0.1, 0.15) is 0 Å². The average Bonchev–Trinajstić information content (AvgIpc) is 2.04. The Morgan fingerprint density at radius 1 is 0.909 bits per heavy atom. The molecule has 0 rings (SSSR count). The first-order valence-corrected chi connectivity index (χ1v) is 3.36. The van der Waals surface area contributed by atoms with Gasteiger partial charge in [-0.25, -0.2) is 0 Å². The van der Waals surface area contributed by atoms with E-state index in [1.807, 2.05) is 0 Å². The van der Waals surface area contributed by atoms with Crippen molar-refractivity contribution in [2.24, 2.45) is 0 Å². The van der Waals surface area contributed by atoms with Crippen molar-refractivity contribution in [1.29, 1.82) is 0 Å². The van der Waals surface area contributed by atoms with Gasteiger partial charge in [0.1, 0.15) is 12.2 Å². The van der Waals surface area contributed by atoms with E-state index in [0.717, 1.165) is 0 Å². The van der Waals surface area contributed by atoms with E-state index in [1.54, 1.807) is 0 Å². The lowest BCUT2D eigenvalue weighted by atomic mass is 10.4. The van der Waals surface area contributed by atoms with Crippen molar-refractivity contribution < 1.29 is 25.2 Å². The van der Waals surface area contributed by atoms with Gasteiger partial charge in [-0.2, -0.15) is 0 Å². The summed E-state index contributed by atoms with van der Waals surface area (Å²) in [6.45, 7) is -0.800. The predicted octanol–water partition coefficient (Wildman–Crippen LogP) is -2.29. The van der Waals surface area contributed by atoms with Crippen molar-refractivity contribution in [2.45, 2.75) is 12.2 Å². The summed E-state index contributed by atoms with van der Waals surface area (Å²) >= 11 is 0. The van der Waals surface area contributed by atoms with E-state index in [0.29, 0.717) is 0 Å². The molecule has 0 aliphatic carbocycles. The largest absolute Gasteiger partial charge is 0.394 e. The highest BCUT2D eigenvalue weighted by molar-refractivity contribution is 4.52. The molecule has 0 aromatic carbocycles. The fraction of sp³-hybridized carbons (Fsp3) is 1.00. The molecule has 0 radical (unpaired) electrons. The first-order valence-electron chi connectivity index (χ1n) is 3.36. The minimum absolute atomic E-state index is 0.0342. The molecular formula is C6H14O5. The number of ether oxygens (including phenoxy) is 1. The molecule has 0 aromatic rings. The summed E-state index contributed by atoms with van der Waals surface area (Å²) in [5.74, 6) is 0. The number of rotatable bonds is 6. The maximum Gasteiger partial charge on any atom is 0.100 e. The third-order valence-electron chi connectivity index (χ3n) is 1.04. The molecule has 0 amide bonds. The van der Waals surface area contributed by atoms with Gasteiger partial charge < -0.3 is 25.2 Å². The number of hydrogen-bond acceptors (Lipinski definition) is 5. The second kappa shape index (κ2) is 6.51. The molecule has 0 saturated heterocycles. The van der Waals surface area contributed by atoms with Gasteiger partial charge in [-0.05, 0) is 0 Å². The number of aliphatic hydroxyl groups excluding tert-OH is 4. The van der Waals surface area contributed by atoms with Gasteiger partial charge in [-0.3, -0.25) is 0 Å².